The summed E-state index contributed by atoms with van der Waals surface area (Å²) in [5.74, 6) is -0.466. The lowest BCUT2D eigenvalue weighted by molar-refractivity contribution is 0.0697. The molecule has 2 heterocycles. The van der Waals surface area contributed by atoms with Gasteiger partial charge in [-0.1, -0.05) is 25.1 Å². The van der Waals surface area contributed by atoms with Gasteiger partial charge in [0.2, 0.25) is 11.7 Å². The molecule has 0 saturated heterocycles. The quantitative estimate of drug-likeness (QED) is 0.572. The number of H-pyrrole nitrogens is 1. The molecule has 0 bridgehead atoms. The second kappa shape index (κ2) is 7.77. The van der Waals surface area contributed by atoms with Crippen LogP contribution >= 0.6 is 0 Å². The number of hydrogen-bond donors (Lipinski definition) is 3. The van der Waals surface area contributed by atoms with Crippen LogP contribution in [0, 0.1) is 5.92 Å². The van der Waals surface area contributed by atoms with Crippen LogP contribution < -0.4 is 5.32 Å². The Morgan fingerprint density at radius 1 is 1.30 bits per heavy atom. The number of hydrogen-bond acceptors (Lipinski definition) is 7. The minimum absolute atomic E-state index is 0.0356. The van der Waals surface area contributed by atoms with Crippen LogP contribution in [0.3, 0.4) is 0 Å². The molecule has 0 spiro atoms. The predicted molar refractivity (Wildman–Crippen MR) is 92.7 cm³/mol. The van der Waals surface area contributed by atoms with Crippen LogP contribution in [-0.4, -0.2) is 42.3 Å². The monoisotopic (exact) mass is 370 g/mol. The molecule has 3 aromatic rings. The van der Waals surface area contributed by atoms with Gasteiger partial charge in [0.15, 0.2) is 5.82 Å². The molecule has 27 heavy (non-hydrogen) atoms. The van der Waals surface area contributed by atoms with Crippen LogP contribution in [0.4, 0.5) is 0 Å². The van der Waals surface area contributed by atoms with Gasteiger partial charge in [0.1, 0.15) is 12.4 Å². The van der Waals surface area contributed by atoms with Crippen molar-refractivity contribution in [3.05, 3.63) is 47.6 Å². The van der Waals surface area contributed by atoms with E-state index in [2.05, 4.69) is 30.6 Å². The highest BCUT2D eigenvalue weighted by Gasteiger charge is 2.24. The normalized spacial score (nSPS) is 12.1. The zero-order valence-corrected chi connectivity index (χ0v) is 14.7. The zero-order valence-electron chi connectivity index (χ0n) is 14.7. The number of aromatic nitrogens is 5. The molecule has 3 N–H and O–H groups in total. The first kappa shape index (κ1) is 18.2. The number of carbonyl (C=O) groups excluding carboxylic acids is 1. The van der Waals surface area contributed by atoms with Crippen molar-refractivity contribution < 1.29 is 19.2 Å². The molecule has 3 rings (SSSR count). The number of rotatable bonds is 7. The van der Waals surface area contributed by atoms with Crippen molar-refractivity contribution in [1.82, 2.24) is 30.6 Å². The number of nitrogens with zero attached hydrogens (tertiary/aromatic N) is 4. The highest BCUT2D eigenvalue weighted by Crippen LogP contribution is 2.22. The fourth-order valence-electron chi connectivity index (χ4n) is 2.51. The lowest BCUT2D eigenvalue weighted by Gasteiger charge is -2.17. The van der Waals surface area contributed by atoms with Crippen molar-refractivity contribution in [3.63, 3.8) is 0 Å². The number of carbonyl (C=O) groups is 2. The van der Waals surface area contributed by atoms with Crippen molar-refractivity contribution in [3.8, 4) is 11.6 Å². The fraction of sp³-hybridized carbons (Fsp3) is 0.294. The van der Waals surface area contributed by atoms with Gasteiger partial charge in [-0.05, 0) is 30.5 Å². The van der Waals surface area contributed by atoms with Crippen LogP contribution in [0.1, 0.15) is 52.9 Å². The second-order valence-corrected chi connectivity index (χ2v) is 6.33. The van der Waals surface area contributed by atoms with E-state index in [9.17, 15) is 9.59 Å². The third-order valence-corrected chi connectivity index (χ3v) is 3.75. The first-order chi connectivity index (χ1) is 12.9. The van der Waals surface area contributed by atoms with Gasteiger partial charge in [-0.15, -0.1) is 0 Å². The first-order valence-corrected chi connectivity index (χ1v) is 8.27. The Hall–Kier alpha value is -3.56. The number of benzene rings is 1. The second-order valence-electron chi connectivity index (χ2n) is 6.33. The Morgan fingerprint density at radius 2 is 2.07 bits per heavy atom. The first-order valence-electron chi connectivity index (χ1n) is 8.27. The summed E-state index contributed by atoms with van der Waals surface area (Å²) in [5.41, 5.74) is 0.270. The van der Waals surface area contributed by atoms with Gasteiger partial charge in [-0.25, -0.2) is 9.78 Å². The van der Waals surface area contributed by atoms with Gasteiger partial charge in [0, 0.05) is 5.56 Å². The van der Waals surface area contributed by atoms with Crippen molar-refractivity contribution >= 4 is 11.9 Å². The summed E-state index contributed by atoms with van der Waals surface area (Å²) >= 11 is 0. The van der Waals surface area contributed by atoms with Gasteiger partial charge >= 0.3 is 5.97 Å². The van der Waals surface area contributed by atoms with E-state index in [4.69, 9.17) is 9.63 Å². The van der Waals surface area contributed by atoms with Crippen molar-refractivity contribution in [2.45, 2.75) is 26.3 Å². The maximum Gasteiger partial charge on any atom is 0.335 e. The summed E-state index contributed by atoms with van der Waals surface area (Å²) in [6.07, 6.45) is 1.89. The number of amides is 1. The summed E-state index contributed by atoms with van der Waals surface area (Å²) in [5, 5.41) is 22.1. The molecule has 140 valence electrons. The summed E-state index contributed by atoms with van der Waals surface area (Å²) in [6.45, 7) is 4.00. The highest BCUT2D eigenvalue weighted by atomic mass is 16.5. The Bertz CT molecular complexity index is 935. The maximum absolute atomic E-state index is 12.6. The molecule has 10 nitrogen and oxygen atoms in total. The van der Waals surface area contributed by atoms with E-state index < -0.39 is 17.9 Å². The highest BCUT2D eigenvalue weighted by molar-refractivity contribution is 5.97. The third kappa shape index (κ3) is 4.35. The molecular formula is C17H18N6O4. The lowest BCUT2D eigenvalue weighted by Crippen LogP contribution is -2.30. The van der Waals surface area contributed by atoms with Crippen LogP contribution in [0.25, 0.3) is 11.6 Å². The summed E-state index contributed by atoms with van der Waals surface area (Å²) < 4.78 is 5.29. The SMILES string of the molecule is CC(C)CC(NC(=O)c1cccc(C(=O)O)c1)c1nc(-c2ncn[nH]2)no1. The van der Waals surface area contributed by atoms with Crippen LogP contribution in [0.2, 0.25) is 0 Å². The largest absolute Gasteiger partial charge is 0.478 e. The van der Waals surface area contributed by atoms with Crippen LogP contribution in [0.15, 0.2) is 35.1 Å². The molecule has 1 unspecified atom stereocenters. The van der Waals surface area contributed by atoms with Crippen molar-refractivity contribution in [2.24, 2.45) is 5.92 Å². The van der Waals surface area contributed by atoms with Gasteiger partial charge in [-0.2, -0.15) is 10.1 Å². The van der Waals surface area contributed by atoms with Crippen molar-refractivity contribution in [1.29, 1.82) is 0 Å². The molecule has 0 saturated carbocycles. The van der Waals surface area contributed by atoms with E-state index in [-0.39, 0.29) is 28.8 Å². The number of aromatic carboxylic acids is 1. The average molecular weight is 370 g/mol. The topological polar surface area (TPSA) is 147 Å². The Balaban J connectivity index is 1.82. The fourth-order valence-corrected chi connectivity index (χ4v) is 2.51. The third-order valence-electron chi connectivity index (χ3n) is 3.75. The van der Waals surface area contributed by atoms with Gasteiger partial charge in [-0.3, -0.25) is 9.89 Å². The summed E-state index contributed by atoms with van der Waals surface area (Å²) in [7, 11) is 0. The summed E-state index contributed by atoms with van der Waals surface area (Å²) in [6, 6.07) is 5.27. The molecule has 1 amide bonds. The lowest BCUT2D eigenvalue weighted by atomic mass is 10.0. The van der Waals surface area contributed by atoms with E-state index in [0.717, 1.165) is 0 Å². The van der Waals surface area contributed by atoms with Gasteiger partial charge < -0.3 is 14.9 Å². The molecule has 10 heteroatoms. The van der Waals surface area contributed by atoms with E-state index in [1.54, 1.807) is 6.07 Å². The van der Waals surface area contributed by atoms with Crippen LogP contribution in [0.5, 0.6) is 0 Å². The Morgan fingerprint density at radius 3 is 2.74 bits per heavy atom. The van der Waals surface area contributed by atoms with Crippen molar-refractivity contribution in [2.75, 3.05) is 0 Å². The molecule has 0 fully saturated rings. The zero-order chi connectivity index (χ0) is 19.4. The molecule has 2 aromatic heterocycles. The smallest absolute Gasteiger partial charge is 0.335 e. The Labute approximate surface area is 154 Å². The standard InChI is InChI=1S/C17H18N6O4/c1-9(2)6-12(16-21-14(23-27-16)13-18-8-19-22-13)20-15(24)10-4-3-5-11(7-10)17(25)26/h3-5,7-9,12H,6H2,1-2H3,(H,20,24)(H,25,26)(H,18,19,22). The number of aromatic amines is 1. The summed E-state index contributed by atoms with van der Waals surface area (Å²) in [4.78, 5) is 31.9. The maximum atomic E-state index is 12.6. The van der Waals surface area contributed by atoms with E-state index in [1.165, 1.54) is 24.5 Å². The predicted octanol–water partition coefficient (Wildman–Crippen LogP) is 2.07. The number of nitrogens with one attached hydrogen (secondary N) is 2. The van der Waals surface area contributed by atoms with E-state index in [1.807, 2.05) is 13.8 Å². The minimum atomic E-state index is -1.10. The minimum Gasteiger partial charge on any atom is -0.478 e. The average Bonchev–Trinajstić information content (AvgIpc) is 3.32. The van der Waals surface area contributed by atoms with Gasteiger partial charge in [0.25, 0.3) is 5.91 Å². The Kier molecular flexibility index (Phi) is 5.25. The number of carboxylic acid groups (broad SMARTS) is 1. The molecular weight excluding hydrogens is 352 g/mol. The molecule has 0 aliphatic heterocycles. The van der Waals surface area contributed by atoms with Crippen LogP contribution in [-0.2, 0) is 0 Å². The molecule has 0 aliphatic carbocycles. The van der Waals surface area contributed by atoms with E-state index >= 15 is 0 Å². The number of carboxylic acids is 1. The molecule has 0 aliphatic rings. The van der Waals surface area contributed by atoms with Gasteiger partial charge in [0.05, 0.1) is 5.56 Å². The molecule has 0 radical (unpaired) electrons. The molecule has 1 aromatic carbocycles. The van der Waals surface area contributed by atoms with E-state index in [0.29, 0.717) is 12.2 Å². The molecule has 1 atom stereocenters.